The van der Waals surface area contributed by atoms with Crippen LogP contribution in [-0.2, 0) is 24.4 Å². The number of carbonyl (C=O) groups excluding carboxylic acids is 1. The van der Waals surface area contributed by atoms with E-state index in [1.165, 1.54) is 0 Å². The van der Waals surface area contributed by atoms with Crippen molar-refractivity contribution in [2.24, 2.45) is 0 Å². The van der Waals surface area contributed by atoms with Crippen LogP contribution in [0.5, 0.6) is 0 Å². The first-order valence-electron chi connectivity index (χ1n) is 6.64. The zero-order chi connectivity index (χ0) is 15.1. The summed E-state index contributed by atoms with van der Waals surface area (Å²) in [5.74, 6) is 0.246. The molecule has 0 saturated carbocycles. The van der Waals surface area contributed by atoms with Crippen molar-refractivity contribution in [1.29, 1.82) is 0 Å². The minimum atomic E-state index is -0.270. The number of hydrogen-bond acceptors (Lipinski definition) is 5. The molecule has 0 unspecified atom stereocenters. The molecule has 1 amide bonds. The Labute approximate surface area is 122 Å². The van der Waals surface area contributed by atoms with Crippen LogP contribution in [0.1, 0.15) is 27.4 Å². The molecule has 0 bridgehead atoms. The molecule has 2 N–H and O–H groups in total. The van der Waals surface area contributed by atoms with E-state index in [9.17, 15) is 4.79 Å². The molecule has 1 aromatic heterocycles. The molecule has 0 fully saturated rings. The topological polar surface area (TPSA) is 84.6 Å². The fraction of sp³-hybridized carbons (Fsp3) is 0.333. The van der Waals surface area contributed by atoms with Gasteiger partial charge in [-0.05, 0) is 17.5 Å². The van der Waals surface area contributed by atoms with E-state index < -0.39 is 0 Å². The Morgan fingerprint density at radius 3 is 2.71 bits per heavy atom. The van der Waals surface area contributed by atoms with Gasteiger partial charge in [0.05, 0.1) is 6.61 Å². The number of ether oxygens (including phenoxy) is 1. The third-order valence-electron chi connectivity index (χ3n) is 2.98. The normalized spacial score (nSPS) is 10.6. The van der Waals surface area contributed by atoms with Gasteiger partial charge in [-0.15, -0.1) is 0 Å². The standard InChI is InChI=1S/C15H18N2O4/c1-20-10-13-8-14(17-21-13)15(19)16-7-6-11-2-4-12(9-18)5-3-11/h2-5,8,18H,6-7,9-10H2,1H3,(H,16,19). The Balaban J connectivity index is 1.80. The molecule has 2 aromatic rings. The third-order valence-corrected chi connectivity index (χ3v) is 2.98. The van der Waals surface area contributed by atoms with E-state index >= 15 is 0 Å². The molecule has 21 heavy (non-hydrogen) atoms. The lowest BCUT2D eigenvalue weighted by molar-refractivity contribution is 0.0944. The van der Waals surface area contributed by atoms with Gasteiger partial charge in [0, 0.05) is 19.7 Å². The summed E-state index contributed by atoms with van der Waals surface area (Å²) in [5, 5.41) is 15.4. The minimum Gasteiger partial charge on any atom is -0.392 e. The quantitative estimate of drug-likeness (QED) is 0.802. The third kappa shape index (κ3) is 4.40. The maximum absolute atomic E-state index is 11.8. The number of rotatable bonds is 7. The Morgan fingerprint density at radius 1 is 1.33 bits per heavy atom. The maximum Gasteiger partial charge on any atom is 0.273 e. The van der Waals surface area contributed by atoms with Crippen molar-refractivity contribution >= 4 is 5.91 Å². The molecule has 0 radical (unpaired) electrons. The van der Waals surface area contributed by atoms with Gasteiger partial charge in [0.2, 0.25) is 0 Å². The Bertz CT molecular complexity index is 578. The van der Waals surface area contributed by atoms with Crippen molar-refractivity contribution in [1.82, 2.24) is 10.5 Å². The molecule has 0 aliphatic carbocycles. The van der Waals surface area contributed by atoms with Crippen molar-refractivity contribution in [2.75, 3.05) is 13.7 Å². The van der Waals surface area contributed by atoms with E-state index in [0.29, 0.717) is 18.7 Å². The Kier molecular flexibility index (Phi) is 5.48. The van der Waals surface area contributed by atoms with Gasteiger partial charge in [-0.3, -0.25) is 4.79 Å². The Hall–Kier alpha value is -2.18. The van der Waals surface area contributed by atoms with Crippen LogP contribution in [0.3, 0.4) is 0 Å². The number of methoxy groups -OCH3 is 1. The van der Waals surface area contributed by atoms with Gasteiger partial charge in [-0.2, -0.15) is 0 Å². The van der Waals surface area contributed by atoms with Crippen LogP contribution in [0.2, 0.25) is 0 Å². The zero-order valence-corrected chi connectivity index (χ0v) is 11.8. The van der Waals surface area contributed by atoms with E-state index in [1.807, 2.05) is 24.3 Å². The largest absolute Gasteiger partial charge is 0.392 e. The fourth-order valence-electron chi connectivity index (χ4n) is 1.85. The molecule has 1 heterocycles. The van der Waals surface area contributed by atoms with Crippen LogP contribution in [0.4, 0.5) is 0 Å². The van der Waals surface area contributed by atoms with Crippen LogP contribution in [0.15, 0.2) is 34.9 Å². The first-order valence-corrected chi connectivity index (χ1v) is 6.64. The van der Waals surface area contributed by atoms with Crippen molar-refractivity contribution in [3.63, 3.8) is 0 Å². The molecule has 2 rings (SSSR count). The van der Waals surface area contributed by atoms with Gasteiger partial charge in [0.25, 0.3) is 5.91 Å². The van der Waals surface area contributed by atoms with Gasteiger partial charge in [0.15, 0.2) is 11.5 Å². The van der Waals surface area contributed by atoms with Gasteiger partial charge >= 0.3 is 0 Å². The smallest absolute Gasteiger partial charge is 0.273 e. The van der Waals surface area contributed by atoms with Crippen LogP contribution in [0, 0.1) is 0 Å². The molecule has 0 saturated heterocycles. The van der Waals surface area contributed by atoms with Gasteiger partial charge < -0.3 is 19.7 Å². The van der Waals surface area contributed by atoms with E-state index in [4.69, 9.17) is 14.4 Å². The van der Waals surface area contributed by atoms with Crippen LogP contribution in [0.25, 0.3) is 0 Å². The molecular weight excluding hydrogens is 272 g/mol. The highest BCUT2D eigenvalue weighted by Crippen LogP contribution is 2.06. The summed E-state index contributed by atoms with van der Waals surface area (Å²) >= 11 is 0. The number of aromatic nitrogens is 1. The van der Waals surface area contributed by atoms with E-state index in [0.717, 1.165) is 11.1 Å². The number of carbonyl (C=O) groups is 1. The molecule has 0 spiro atoms. The highest BCUT2D eigenvalue weighted by molar-refractivity contribution is 5.92. The molecule has 0 aliphatic heterocycles. The number of nitrogens with zero attached hydrogens (tertiary/aromatic N) is 1. The van der Waals surface area contributed by atoms with Crippen molar-refractivity contribution in [3.8, 4) is 0 Å². The second kappa shape index (κ2) is 7.56. The van der Waals surface area contributed by atoms with E-state index in [1.54, 1.807) is 13.2 Å². The van der Waals surface area contributed by atoms with Gasteiger partial charge in [0.1, 0.15) is 6.61 Å². The number of aliphatic hydroxyl groups excluding tert-OH is 1. The number of amides is 1. The second-order valence-corrected chi connectivity index (χ2v) is 4.59. The minimum absolute atomic E-state index is 0.0347. The Morgan fingerprint density at radius 2 is 2.05 bits per heavy atom. The summed E-state index contributed by atoms with van der Waals surface area (Å²) in [7, 11) is 1.55. The summed E-state index contributed by atoms with van der Waals surface area (Å²) < 4.78 is 9.85. The number of benzene rings is 1. The van der Waals surface area contributed by atoms with Crippen LogP contribution in [-0.4, -0.2) is 29.8 Å². The van der Waals surface area contributed by atoms with Gasteiger partial charge in [-0.1, -0.05) is 29.4 Å². The average Bonchev–Trinajstić information content (AvgIpc) is 2.97. The van der Waals surface area contributed by atoms with Crippen molar-refractivity contribution in [2.45, 2.75) is 19.6 Å². The summed E-state index contributed by atoms with van der Waals surface area (Å²) in [5.41, 5.74) is 2.21. The lowest BCUT2D eigenvalue weighted by Gasteiger charge is -2.04. The molecular formula is C15H18N2O4. The molecule has 112 valence electrons. The van der Waals surface area contributed by atoms with Crippen molar-refractivity contribution in [3.05, 3.63) is 52.9 Å². The number of hydrogen-bond donors (Lipinski definition) is 2. The first-order chi connectivity index (χ1) is 10.2. The van der Waals surface area contributed by atoms with Crippen molar-refractivity contribution < 1.29 is 19.2 Å². The second-order valence-electron chi connectivity index (χ2n) is 4.59. The molecule has 0 aliphatic rings. The lowest BCUT2D eigenvalue weighted by atomic mass is 10.1. The lowest BCUT2D eigenvalue weighted by Crippen LogP contribution is -2.25. The predicted octanol–water partition coefficient (Wildman–Crippen LogP) is 1.29. The van der Waals surface area contributed by atoms with E-state index in [2.05, 4.69) is 10.5 Å². The summed E-state index contributed by atoms with van der Waals surface area (Å²) in [6.07, 6.45) is 0.709. The first kappa shape index (κ1) is 15.2. The molecule has 0 atom stereocenters. The predicted molar refractivity (Wildman–Crippen MR) is 75.6 cm³/mol. The molecule has 1 aromatic carbocycles. The number of nitrogens with one attached hydrogen (secondary N) is 1. The van der Waals surface area contributed by atoms with Crippen LogP contribution >= 0.6 is 0 Å². The highest BCUT2D eigenvalue weighted by Gasteiger charge is 2.11. The maximum atomic E-state index is 11.8. The summed E-state index contributed by atoms with van der Waals surface area (Å²) in [6, 6.07) is 9.17. The molecule has 6 nitrogen and oxygen atoms in total. The summed E-state index contributed by atoms with van der Waals surface area (Å²) in [4.78, 5) is 11.8. The fourth-order valence-corrected chi connectivity index (χ4v) is 1.85. The molecule has 6 heteroatoms. The SMILES string of the molecule is COCc1cc(C(=O)NCCc2ccc(CO)cc2)no1. The van der Waals surface area contributed by atoms with Gasteiger partial charge in [-0.25, -0.2) is 0 Å². The van der Waals surface area contributed by atoms with E-state index in [-0.39, 0.29) is 24.8 Å². The highest BCUT2D eigenvalue weighted by atomic mass is 16.5. The zero-order valence-electron chi connectivity index (χ0n) is 11.8. The monoisotopic (exact) mass is 290 g/mol. The summed E-state index contributed by atoms with van der Waals surface area (Å²) in [6.45, 7) is 0.828. The van der Waals surface area contributed by atoms with Crippen LogP contribution < -0.4 is 5.32 Å². The number of aliphatic hydroxyl groups is 1. The average molecular weight is 290 g/mol.